The van der Waals surface area contributed by atoms with Crippen molar-refractivity contribution in [2.24, 2.45) is 12.8 Å². The molecule has 0 amide bonds. The van der Waals surface area contributed by atoms with E-state index in [2.05, 4.69) is 30.2 Å². The van der Waals surface area contributed by atoms with Gasteiger partial charge in [-0.25, -0.2) is 0 Å². The summed E-state index contributed by atoms with van der Waals surface area (Å²) in [5.41, 5.74) is 8.99. The van der Waals surface area contributed by atoms with Gasteiger partial charge in [-0.1, -0.05) is 12.1 Å². The zero-order chi connectivity index (χ0) is 9.42. The van der Waals surface area contributed by atoms with E-state index in [1.54, 1.807) is 0 Å². The van der Waals surface area contributed by atoms with Crippen LogP contribution in [-0.2, 0) is 13.6 Å². The average molecular weight is 175 g/mol. The lowest BCUT2D eigenvalue weighted by molar-refractivity contribution is 0.722. The van der Waals surface area contributed by atoms with Crippen molar-refractivity contribution < 1.29 is 0 Å². The number of hydrogen-bond acceptors (Lipinski definition) is 2. The van der Waals surface area contributed by atoms with E-state index in [1.807, 2.05) is 11.7 Å². The summed E-state index contributed by atoms with van der Waals surface area (Å²) < 4.78 is 1.85. The molecule has 0 fully saturated rings. The molecule has 0 spiro atoms. The molecule has 13 heavy (non-hydrogen) atoms. The molecule has 0 radical (unpaired) electrons. The molecule has 0 aliphatic rings. The van der Waals surface area contributed by atoms with Crippen molar-refractivity contribution >= 4 is 10.9 Å². The molecule has 2 aromatic rings. The van der Waals surface area contributed by atoms with Crippen molar-refractivity contribution in [3.05, 3.63) is 29.5 Å². The number of benzene rings is 1. The van der Waals surface area contributed by atoms with Crippen LogP contribution in [0.2, 0.25) is 0 Å². The van der Waals surface area contributed by atoms with E-state index in [4.69, 9.17) is 5.73 Å². The summed E-state index contributed by atoms with van der Waals surface area (Å²) in [6.45, 7) is 2.60. The van der Waals surface area contributed by atoms with Gasteiger partial charge < -0.3 is 5.73 Å². The molecule has 0 bridgehead atoms. The molecule has 3 heteroatoms. The predicted octanol–water partition coefficient (Wildman–Crippen LogP) is 1.34. The molecule has 0 saturated carbocycles. The van der Waals surface area contributed by atoms with Gasteiger partial charge in [0.05, 0.1) is 11.2 Å². The third-order valence-electron chi connectivity index (χ3n) is 2.31. The van der Waals surface area contributed by atoms with Gasteiger partial charge in [-0.15, -0.1) is 0 Å². The van der Waals surface area contributed by atoms with Gasteiger partial charge in [0, 0.05) is 19.0 Å². The number of aryl methyl sites for hydroxylation is 2. The van der Waals surface area contributed by atoms with Crippen LogP contribution < -0.4 is 5.73 Å². The molecule has 0 aliphatic carbocycles. The van der Waals surface area contributed by atoms with Crippen LogP contribution in [0, 0.1) is 6.92 Å². The first kappa shape index (κ1) is 8.26. The van der Waals surface area contributed by atoms with Gasteiger partial charge >= 0.3 is 0 Å². The summed E-state index contributed by atoms with van der Waals surface area (Å²) in [7, 11) is 1.93. The zero-order valence-electron chi connectivity index (χ0n) is 7.91. The highest BCUT2D eigenvalue weighted by Gasteiger charge is 2.05. The van der Waals surface area contributed by atoms with Crippen LogP contribution in [0.4, 0.5) is 0 Å². The quantitative estimate of drug-likeness (QED) is 0.710. The summed E-state index contributed by atoms with van der Waals surface area (Å²) >= 11 is 0. The SMILES string of the molecule is Cc1ccc2c(CN)n(C)nc2c1. The molecule has 68 valence electrons. The first-order valence-electron chi connectivity index (χ1n) is 4.34. The fraction of sp³-hybridized carbons (Fsp3) is 0.300. The second-order valence-corrected chi connectivity index (χ2v) is 3.30. The van der Waals surface area contributed by atoms with E-state index >= 15 is 0 Å². The molecule has 0 unspecified atom stereocenters. The Balaban J connectivity index is 2.79. The van der Waals surface area contributed by atoms with Gasteiger partial charge in [0.1, 0.15) is 0 Å². The highest BCUT2D eigenvalue weighted by molar-refractivity contribution is 5.82. The third kappa shape index (κ3) is 1.21. The Hall–Kier alpha value is -1.35. The molecular formula is C10H13N3. The molecule has 2 rings (SSSR count). The largest absolute Gasteiger partial charge is 0.325 e. The maximum Gasteiger partial charge on any atom is 0.0929 e. The Morgan fingerprint density at radius 1 is 1.46 bits per heavy atom. The molecule has 1 aromatic heterocycles. The molecule has 1 aromatic carbocycles. The van der Waals surface area contributed by atoms with Crippen molar-refractivity contribution in [2.45, 2.75) is 13.5 Å². The number of nitrogens with two attached hydrogens (primary N) is 1. The normalized spacial score (nSPS) is 11.0. The Labute approximate surface area is 77.2 Å². The number of rotatable bonds is 1. The highest BCUT2D eigenvalue weighted by atomic mass is 15.3. The Kier molecular flexibility index (Phi) is 1.81. The van der Waals surface area contributed by atoms with E-state index in [0.717, 1.165) is 16.6 Å². The summed E-state index contributed by atoms with van der Waals surface area (Å²) in [4.78, 5) is 0. The van der Waals surface area contributed by atoms with Crippen LogP contribution in [0.25, 0.3) is 10.9 Å². The molecular weight excluding hydrogens is 162 g/mol. The Morgan fingerprint density at radius 3 is 2.92 bits per heavy atom. The third-order valence-corrected chi connectivity index (χ3v) is 2.31. The Bertz CT molecular complexity index is 443. The summed E-state index contributed by atoms with van der Waals surface area (Å²) in [6.07, 6.45) is 0. The van der Waals surface area contributed by atoms with Crippen molar-refractivity contribution in [3.8, 4) is 0 Å². The Morgan fingerprint density at radius 2 is 2.23 bits per heavy atom. The van der Waals surface area contributed by atoms with Gasteiger partial charge in [0.25, 0.3) is 0 Å². The molecule has 2 N–H and O–H groups in total. The fourth-order valence-electron chi connectivity index (χ4n) is 1.61. The number of nitrogens with zero attached hydrogens (tertiary/aromatic N) is 2. The maximum atomic E-state index is 5.64. The van der Waals surface area contributed by atoms with E-state index < -0.39 is 0 Å². The average Bonchev–Trinajstić information content (AvgIpc) is 2.39. The van der Waals surface area contributed by atoms with Crippen LogP contribution in [0.3, 0.4) is 0 Å². The molecule has 1 heterocycles. The summed E-state index contributed by atoms with van der Waals surface area (Å²) in [5.74, 6) is 0. The van der Waals surface area contributed by atoms with Crippen LogP contribution in [0.1, 0.15) is 11.3 Å². The molecule has 3 nitrogen and oxygen atoms in total. The van der Waals surface area contributed by atoms with E-state index in [1.165, 1.54) is 5.56 Å². The standard InChI is InChI=1S/C10H13N3/c1-7-3-4-8-9(5-7)12-13(2)10(8)6-11/h3-5H,6,11H2,1-2H3. The number of fused-ring (bicyclic) bond motifs is 1. The topological polar surface area (TPSA) is 43.8 Å². The minimum Gasteiger partial charge on any atom is -0.325 e. The van der Waals surface area contributed by atoms with Gasteiger partial charge in [0.2, 0.25) is 0 Å². The second kappa shape index (κ2) is 2.85. The summed E-state index contributed by atoms with van der Waals surface area (Å²) in [5, 5.41) is 5.54. The van der Waals surface area contributed by atoms with Gasteiger partial charge in [-0.2, -0.15) is 5.10 Å². The first-order chi connectivity index (χ1) is 6.22. The van der Waals surface area contributed by atoms with Crippen molar-refractivity contribution in [1.29, 1.82) is 0 Å². The summed E-state index contributed by atoms with van der Waals surface area (Å²) in [6, 6.07) is 6.25. The maximum absolute atomic E-state index is 5.64. The van der Waals surface area contributed by atoms with Gasteiger partial charge in [0.15, 0.2) is 0 Å². The molecule has 0 aliphatic heterocycles. The van der Waals surface area contributed by atoms with Crippen molar-refractivity contribution in [2.75, 3.05) is 0 Å². The minimum absolute atomic E-state index is 0.538. The van der Waals surface area contributed by atoms with Crippen LogP contribution in [0.15, 0.2) is 18.2 Å². The van der Waals surface area contributed by atoms with Crippen LogP contribution >= 0.6 is 0 Å². The smallest absolute Gasteiger partial charge is 0.0929 e. The van der Waals surface area contributed by atoms with E-state index in [0.29, 0.717) is 6.54 Å². The monoisotopic (exact) mass is 175 g/mol. The molecule has 0 saturated heterocycles. The van der Waals surface area contributed by atoms with Crippen molar-refractivity contribution in [3.63, 3.8) is 0 Å². The fourth-order valence-corrected chi connectivity index (χ4v) is 1.61. The predicted molar refractivity (Wildman–Crippen MR) is 53.3 cm³/mol. The lowest BCUT2D eigenvalue weighted by Gasteiger charge is -1.96. The second-order valence-electron chi connectivity index (χ2n) is 3.30. The first-order valence-corrected chi connectivity index (χ1v) is 4.34. The van der Waals surface area contributed by atoms with Gasteiger partial charge in [-0.3, -0.25) is 4.68 Å². The van der Waals surface area contributed by atoms with Crippen LogP contribution in [0.5, 0.6) is 0 Å². The minimum atomic E-state index is 0.538. The van der Waals surface area contributed by atoms with Crippen LogP contribution in [-0.4, -0.2) is 9.78 Å². The van der Waals surface area contributed by atoms with E-state index in [9.17, 15) is 0 Å². The van der Waals surface area contributed by atoms with Gasteiger partial charge in [-0.05, 0) is 18.6 Å². The highest BCUT2D eigenvalue weighted by Crippen LogP contribution is 2.18. The number of aromatic nitrogens is 2. The molecule has 0 atom stereocenters. The number of hydrogen-bond donors (Lipinski definition) is 1. The van der Waals surface area contributed by atoms with Crippen molar-refractivity contribution in [1.82, 2.24) is 9.78 Å². The van der Waals surface area contributed by atoms with E-state index in [-0.39, 0.29) is 0 Å². The zero-order valence-corrected chi connectivity index (χ0v) is 7.91. The lowest BCUT2D eigenvalue weighted by Crippen LogP contribution is -2.04. The lowest BCUT2D eigenvalue weighted by atomic mass is 10.1.